The number of nitrogens with one attached hydrogen (secondary N) is 1. The number of anilines is 1. The molecule has 0 spiro atoms. The van der Waals surface area contributed by atoms with E-state index in [2.05, 4.69) is 5.32 Å². The minimum Gasteiger partial charge on any atom is -0.321 e. The van der Waals surface area contributed by atoms with Crippen molar-refractivity contribution in [2.24, 2.45) is 0 Å². The number of carbonyl (C=O) groups excluding carboxylic acids is 1. The largest absolute Gasteiger partial charge is 0.321 e. The van der Waals surface area contributed by atoms with E-state index >= 15 is 0 Å². The molecule has 1 amide bonds. The van der Waals surface area contributed by atoms with Gasteiger partial charge in [0, 0.05) is 10.7 Å². The van der Waals surface area contributed by atoms with Crippen molar-refractivity contribution in [1.82, 2.24) is 0 Å². The van der Waals surface area contributed by atoms with Gasteiger partial charge in [-0.05, 0) is 53.1 Å². The van der Waals surface area contributed by atoms with Gasteiger partial charge in [-0.25, -0.2) is 0 Å². The van der Waals surface area contributed by atoms with Crippen LogP contribution in [0.25, 0.3) is 6.08 Å². The third-order valence-corrected chi connectivity index (χ3v) is 3.85. The summed E-state index contributed by atoms with van der Waals surface area (Å²) < 4.78 is 0. The van der Waals surface area contributed by atoms with Crippen molar-refractivity contribution < 1.29 is 4.79 Å². The molecule has 0 atom stereocenters. The number of thiophene rings is 1. The molecule has 1 heterocycles. The van der Waals surface area contributed by atoms with E-state index in [9.17, 15) is 4.79 Å². The summed E-state index contributed by atoms with van der Waals surface area (Å²) in [5, 5.41) is 16.1. The fourth-order valence-corrected chi connectivity index (χ4v) is 2.40. The van der Waals surface area contributed by atoms with Crippen LogP contribution in [0.1, 0.15) is 11.1 Å². The van der Waals surface area contributed by atoms with E-state index in [1.165, 1.54) is 11.3 Å². The Balaban J connectivity index is 2.23. The molecule has 0 aliphatic rings. The van der Waals surface area contributed by atoms with Crippen molar-refractivity contribution in [3.63, 3.8) is 0 Å². The third-order valence-electron chi connectivity index (χ3n) is 2.74. The molecule has 0 saturated carbocycles. The Bertz CT molecular complexity index is 699. The van der Waals surface area contributed by atoms with Crippen LogP contribution in [0.3, 0.4) is 0 Å². The minimum absolute atomic E-state index is 0.0581. The summed E-state index contributed by atoms with van der Waals surface area (Å²) in [5.41, 5.74) is 2.27. The second-order valence-electron chi connectivity index (χ2n) is 4.09. The van der Waals surface area contributed by atoms with Gasteiger partial charge < -0.3 is 5.32 Å². The van der Waals surface area contributed by atoms with Gasteiger partial charge in [-0.3, -0.25) is 4.79 Å². The van der Waals surface area contributed by atoms with Crippen LogP contribution < -0.4 is 5.32 Å². The predicted molar refractivity (Wildman–Crippen MR) is 82.7 cm³/mol. The van der Waals surface area contributed by atoms with Crippen LogP contribution in [0.2, 0.25) is 5.02 Å². The molecule has 0 radical (unpaired) electrons. The number of halogens is 1. The summed E-state index contributed by atoms with van der Waals surface area (Å²) >= 11 is 7.51. The van der Waals surface area contributed by atoms with Crippen LogP contribution in [-0.2, 0) is 4.79 Å². The quantitative estimate of drug-likeness (QED) is 0.680. The number of hydrogen-bond acceptors (Lipinski definition) is 3. The number of benzene rings is 1. The van der Waals surface area contributed by atoms with Crippen LogP contribution in [-0.4, -0.2) is 5.91 Å². The molecule has 0 saturated heterocycles. The number of carbonyl (C=O) groups is 1. The molecule has 1 aromatic carbocycles. The molecule has 0 aliphatic heterocycles. The topological polar surface area (TPSA) is 52.9 Å². The van der Waals surface area contributed by atoms with Gasteiger partial charge in [0.2, 0.25) is 0 Å². The molecule has 0 unspecified atom stereocenters. The molecule has 20 heavy (non-hydrogen) atoms. The SMILES string of the molecule is Cc1c(Cl)cccc1NC(=O)/C(C#N)=C\c1ccsc1. The molecule has 2 aromatic rings. The lowest BCUT2D eigenvalue weighted by molar-refractivity contribution is -0.112. The van der Waals surface area contributed by atoms with E-state index in [4.69, 9.17) is 16.9 Å². The number of hydrogen-bond donors (Lipinski definition) is 1. The average molecular weight is 303 g/mol. The zero-order valence-corrected chi connectivity index (χ0v) is 12.3. The first-order chi connectivity index (χ1) is 9.61. The summed E-state index contributed by atoms with van der Waals surface area (Å²) in [6.45, 7) is 1.81. The highest BCUT2D eigenvalue weighted by Gasteiger charge is 2.11. The third kappa shape index (κ3) is 3.27. The van der Waals surface area contributed by atoms with E-state index in [0.29, 0.717) is 10.7 Å². The van der Waals surface area contributed by atoms with Gasteiger partial charge in [0.1, 0.15) is 11.6 Å². The Morgan fingerprint density at radius 3 is 2.90 bits per heavy atom. The second kappa shape index (κ2) is 6.38. The predicted octanol–water partition coefficient (Wildman–Crippen LogP) is 4.26. The van der Waals surface area contributed by atoms with Crippen LogP contribution >= 0.6 is 22.9 Å². The highest BCUT2D eigenvalue weighted by atomic mass is 35.5. The molecule has 5 heteroatoms. The molecule has 0 aliphatic carbocycles. The van der Waals surface area contributed by atoms with Crippen molar-refractivity contribution in [2.75, 3.05) is 5.32 Å². The average Bonchev–Trinajstić information content (AvgIpc) is 2.94. The first kappa shape index (κ1) is 14.3. The fraction of sp³-hybridized carbons (Fsp3) is 0.0667. The molecule has 1 aromatic heterocycles. The van der Waals surface area contributed by atoms with E-state index in [1.54, 1.807) is 24.3 Å². The molecular weight excluding hydrogens is 292 g/mol. The van der Waals surface area contributed by atoms with Gasteiger partial charge >= 0.3 is 0 Å². The molecule has 2 rings (SSSR count). The van der Waals surface area contributed by atoms with Gasteiger partial charge in [0.15, 0.2) is 0 Å². The fourth-order valence-electron chi connectivity index (χ4n) is 1.60. The summed E-state index contributed by atoms with van der Waals surface area (Å²) in [6, 6.07) is 9.01. The Morgan fingerprint density at radius 2 is 2.25 bits per heavy atom. The van der Waals surface area contributed by atoms with Gasteiger partial charge in [0.25, 0.3) is 5.91 Å². The van der Waals surface area contributed by atoms with Gasteiger partial charge in [-0.15, -0.1) is 0 Å². The highest BCUT2D eigenvalue weighted by molar-refractivity contribution is 7.08. The summed E-state index contributed by atoms with van der Waals surface area (Å²) in [5.74, 6) is -0.441. The maximum atomic E-state index is 12.1. The Labute approximate surface area is 126 Å². The van der Waals surface area contributed by atoms with E-state index in [-0.39, 0.29) is 5.57 Å². The molecule has 0 fully saturated rings. The number of amides is 1. The molecule has 0 bridgehead atoms. The summed E-state index contributed by atoms with van der Waals surface area (Å²) in [4.78, 5) is 12.1. The second-order valence-corrected chi connectivity index (χ2v) is 5.28. The van der Waals surface area contributed by atoms with Crippen molar-refractivity contribution in [3.05, 3.63) is 56.7 Å². The smallest absolute Gasteiger partial charge is 0.266 e. The van der Waals surface area contributed by atoms with Gasteiger partial charge in [0.05, 0.1) is 0 Å². The highest BCUT2D eigenvalue weighted by Crippen LogP contribution is 2.23. The zero-order chi connectivity index (χ0) is 14.5. The lowest BCUT2D eigenvalue weighted by atomic mass is 10.1. The maximum Gasteiger partial charge on any atom is 0.266 e. The van der Waals surface area contributed by atoms with Crippen LogP contribution in [0.15, 0.2) is 40.6 Å². The molecule has 100 valence electrons. The van der Waals surface area contributed by atoms with Gasteiger partial charge in [-0.1, -0.05) is 17.7 Å². The molecule has 1 N–H and O–H groups in total. The first-order valence-electron chi connectivity index (χ1n) is 5.82. The number of nitrogens with zero attached hydrogens (tertiary/aromatic N) is 1. The van der Waals surface area contributed by atoms with Crippen molar-refractivity contribution in [2.45, 2.75) is 6.92 Å². The minimum atomic E-state index is -0.441. The van der Waals surface area contributed by atoms with Crippen LogP contribution in [0, 0.1) is 18.3 Å². The monoisotopic (exact) mass is 302 g/mol. The number of rotatable bonds is 3. The Hall–Kier alpha value is -2.09. The number of nitriles is 1. The van der Waals surface area contributed by atoms with E-state index in [1.807, 2.05) is 29.8 Å². The molecular formula is C15H11ClN2OS. The lowest BCUT2D eigenvalue weighted by Gasteiger charge is -2.08. The standard InChI is InChI=1S/C15H11ClN2OS/c1-10-13(16)3-2-4-14(10)18-15(19)12(8-17)7-11-5-6-20-9-11/h2-7,9H,1H3,(H,18,19)/b12-7-. The maximum absolute atomic E-state index is 12.1. The zero-order valence-electron chi connectivity index (χ0n) is 10.7. The van der Waals surface area contributed by atoms with E-state index < -0.39 is 5.91 Å². The first-order valence-corrected chi connectivity index (χ1v) is 7.14. The van der Waals surface area contributed by atoms with E-state index in [0.717, 1.165) is 11.1 Å². The summed E-state index contributed by atoms with van der Waals surface area (Å²) in [7, 11) is 0. The Kier molecular flexibility index (Phi) is 4.57. The lowest BCUT2D eigenvalue weighted by Crippen LogP contribution is -2.14. The normalized spacial score (nSPS) is 10.9. The van der Waals surface area contributed by atoms with Gasteiger partial charge in [-0.2, -0.15) is 16.6 Å². The summed E-state index contributed by atoms with van der Waals surface area (Å²) in [6.07, 6.45) is 1.56. The van der Waals surface area contributed by atoms with Crippen molar-refractivity contribution >= 4 is 40.6 Å². The van der Waals surface area contributed by atoms with Crippen molar-refractivity contribution in [1.29, 1.82) is 5.26 Å². The van der Waals surface area contributed by atoms with Crippen LogP contribution in [0.4, 0.5) is 5.69 Å². The van der Waals surface area contributed by atoms with Crippen molar-refractivity contribution in [3.8, 4) is 6.07 Å². The Morgan fingerprint density at radius 1 is 1.45 bits per heavy atom. The molecule has 3 nitrogen and oxygen atoms in total. The van der Waals surface area contributed by atoms with Crippen LogP contribution in [0.5, 0.6) is 0 Å².